The Kier molecular flexibility index (Phi) is 6.22. The monoisotopic (exact) mass is 355 g/mol. The number of likely N-dealkylation sites (tertiary alicyclic amines) is 1. The summed E-state index contributed by atoms with van der Waals surface area (Å²) in [7, 11) is 0. The summed E-state index contributed by atoms with van der Waals surface area (Å²) in [6, 6.07) is 7.74. The van der Waals surface area contributed by atoms with E-state index in [0.29, 0.717) is 25.6 Å². The molecule has 0 aliphatic carbocycles. The molecule has 126 valence electrons. The fourth-order valence-electron chi connectivity index (χ4n) is 3.01. The maximum atomic E-state index is 12.3. The first-order chi connectivity index (χ1) is 11.2. The number of nitrogens with zero attached hydrogens (tertiary/aromatic N) is 1. The summed E-state index contributed by atoms with van der Waals surface area (Å²) in [5.41, 5.74) is 0. The van der Waals surface area contributed by atoms with Gasteiger partial charge in [0.15, 0.2) is 6.29 Å². The van der Waals surface area contributed by atoms with Crippen molar-refractivity contribution in [3.63, 3.8) is 0 Å². The van der Waals surface area contributed by atoms with Crippen molar-refractivity contribution < 1.29 is 14.3 Å². The summed E-state index contributed by atoms with van der Waals surface area (Å²) < 4.78 is 11.1. The number of hydrogen-bond acceptors (Lipinski definition) is 4. The highest BCUT2D eigenvalue weighted by molar-refractivity contribution is 7.99. The van der Waals surface area contributed by atoms with Gasteiger partial charge in [-0.15, -0.1) is 11.8 Å². The minimum Gasteiger partial charge on any atom is -0.350 e. The lowest BCUT2D eigenvalue weighted by Gasteiger charge is -2.33. The maximum Gasteiger partial charge on any atom is 0.223 e. The van der Waals surface area contributed by atoms with E-state index in [-0.39, 0.29) is 12.2 Å². The fourth-order valence-corrected chi connectivity index (χ4v) is 3.98. The van der Waals surface area contributed by atoms with E-state index in [4.69, 9.17) is 21.1 Å². The van der Waals surface area contributed by atoms with Crippen LogP contribution in [-0.4, -0.2) is 49.2 Å². The topological polar surface area (TPSA) is 38.8 Å². The number of halogens is 1. The fraction of sp³-hybridized carbons (Fsp3) is 0.588. The van der Waals surface area contributed by atoms with Crippen LogP contribution < -0.4 is 0 Å². The molecule has 0 atom stereocenters. The molecule has 0 radical (unpaired) electrons. The Bertz CT molecular complexity index is 511. The molecule has 0 N–H and O–H groups in total. The van der Waals surface area contributed by atoms with Gasteiger partial charge in [-0.05, 0) is 37.1 Å². The second kappa shape index (κ2) is 8.38. The standard InChI is InChI=1S/C17H22ClNO3S/c18-14-1-3-15(4-2-14)23-12-7-16(20)19-8-5-13(6-9-19)17-21-10-11-22-17/h1-4,13,17H,5-12H2. The number of amides is 1. The molecule has 2 saturated heterocycles. The molecule has 2 fully saturated rings. The van der Waals surface area contributed by atoms with E-state index in [9.17, 15) is 4.79 Å². The minimum absolute atomic E-state index is 0.0484. The van der Waals surface area contributed by atoms with Gasteiger partial charge < -0.3 is 14.4 Å². The van der Waals surface area contributed by atoms with Crippen LogP contribution in [0.25, 0.3) is 0 Å². The number of piperidine rings is 1. The van der Waals surface area contributed by atoms with Gasteiger partial charge >= 0.3 is 0 Å². The number of thioether (sulfide) groups is 1. The lowest BCUT2D eigenvalue weighted by molar-refractivity contribution is -0.136. The SMILES string of the molecule is O=C(CCSc1ccc(Cl)cc1)N1CCC(C2OCCO2)CC1. The second-order valence-corrected chi connectivity index (χ2v) is 7.49. The van der Waals surface area contributed by atoms with Crippen molar-refractivity contribution in [1.82, 2.24) is 4.90 Å². The van der Waals surface area contributed by atoms with Crippen LogP contribution in [0, 0.1) is 5.92 Å². The molecule has 1 aromatic carbocycles. The zero-order valence-corrected chi connectivity index (χ0v) is 14.7. The summed E-state index contributed by atoms with van der Waals surface area (Å²) in [6.45, 7) is 3.04. The minimum atomic E-state index is -0.0484. The van der Waals surface area contributed by atoms with Gasteiger partial charge in [0.25, 0.3) is 0 Å². The normalized spacial score (nSPS) is 20.1. The van der Waals surface area contributed by atoms with E-state index >= 15 is 0 Å². The molecule has 2 aliphatic heterocycles. The summed E-state index contributed by atoms with van der Waals surface area (Å²) in [5.74, 6) is 1.48. The van der Waals surface area contributed by atoms with Crippen LogP contribution in [0.15, 0.2) is 29.2 Å². The number of carbonyl (C=O) groups excluding carboxylic acids is 1. The van der Waals surface area contributed by atoms with Gasteiger partial charge in [0.1, 0.15) is 0 Å². The summed E-state index contributed by atoms with van der Waals surface area (Å²) in [5, 5.41) is 0.739. The van der Waals surface area contributed by atoms with Crippen molar-refractivity contribution >= 4 is 29.3 Å². The molecule has 23 heavy (non-hydrogen) atoms. The van der Waals surface area contributed by atoms with E-state index in [1.165, 1.54) is 0 Å². The van der Waals surface area contributed by atoms with Crippen LogP contribution in [0.4, 0.5) is 0 Å². The lowest BCUT2D eigenvalue weighted by Crippen LogP contribution is -2.41. The number of hydrogen-bond donors (Lipinski definition) is 0. The predicted octanol–water partition coefficient (Wildman–Crippen LogP) is 3.43. The van der Waals surface area contributed by atoms with Gasteiger partial charge in [-0.25, -0.2) is 0 Å². The first-order valence-electron chi connectivity index (χ1n) is 8.12. The van der Waals surface area contributed by atoms with Gasteiger partial charge in [0.05, 0.1) is 13.2 Å². The molecule has 0 bridgehead atoms. The quantitative estimate of drug-likeness (QED) is 0.758. The predicted molar refractivity (Wildman–Crippen MR) is 91.8 cm³/mol. The molecule has 0 aromatic heterocycles. The zero-order chi connectivity index (χ0) is 16.1. The van der Waals surface area contributed by atoms with Crippen LogP contribution in [0.5, 0.6) is 0 Å². The Morgan fingerprint density at radius 2 is 1.83 bits per heavy atom. The molecule has 6 heteroatoms. The first-order valence-corrected chi connectivity index (χ1v) is 9.48. The molecular formula is C17H22ClNO3S. The Labute approximate surface area is 146 Å². The average Bonchev–Trinajstić information content (AvgIpc) is 3.11. The molecule has 0 saturated carbocycles. The molecule has 0 spiro atoms. The number of rotatable bonds is 5. The third-order valence-electron chi connectivity index (χ3n) is 4.32. The average molecular weight is 356 g/mol. The van der Waals surface area contributed by atoms with Crippen LogP contribution >= 0.6 is 23.4 Å². The Morgan fingerprint density at radius 1 is 1.17 bits per heavy atom. The van der Waals surface area contributed by atoms with E-state index in [2.05, 4.69) is 0 Å². The van der Waals surface area contributed by atoms with Gasteiger partial charge in [0, 0.05) is 41.1 Å². The smallest absolute Gasteiger partial charge is 0.223 e. The number of ether oxygens (including phenoxy) is 2. The molecule has 3 rings (SSSR count). The Morgan fingerprint density at radius 3 is 2.48 bits per heavy atom. The van der Waals surface area contributed by atoms with Crippen LogP contribution in [0.2, 0.25) is 5.02 Å². The van der Waals surface area contributed by atoms with Gasteiger partial charge in [-0.2, -0.15) is 0 Å². The van der Waals surface area contributed by atoms with Crippen LogP contribution in [0.3, 0.4) is 0 Å². The summed E-state index contributed by atoms with van der Waals surface area (Å²) in [4.78, 5) is 15.4. The summed E-state index contributed by atoms with van der Waals surface area (Å²) >= 11 is 7.56. The second-order valence-electron chi connectivity index (χ2n) is 5.88. The van der Waals surface area contributed by atoms with Gasteiger partial charge in [-0.3, -0.25) is 4.79 Å². The van der Waals surface area contributed by atoms with Gasteiger partial charge in [0.2, 0.25) is 5.91 Å². The van der Waals surface area contributed by atoms with E-state index in [1.807, 2.05) is 29.2 Å². The first kappa shape index (κ1) is 17.1. The van der Waals surface area contributed by atoms with Crippen LogP contribution in [-0.2, 0) is 14.3 Å². The molecular weight excluding hydrogens is 334 g/mol. The van der Waals surface area contributed by atoms with Gasteiger partial charge in [-0.1, -0.05) is 11.6 Å². The van der Waals surface area contributed by atoms with E-state index < -0.39 is 0 Å². The van der Waals surface area contributed by atoms with E-state index in [0.717, 1.165) is 41.6 Å². The molecule has 0 unspecified atom stereocenters. The van der Waals surface area contributed by atoms with Crippen LogP contribution in [0.1, 0.15) is 19.3 Å². The van der Waals surface area contributed by atoms with Crippen molar-refractivity contribution in [1.29, 1.82) is 0 Å². The molecule has 2 aliphatic rings. The maximum absolute atomic E-state index is 12.3. The van der Waals surface area contributed by atoms with Crippen molar-refractivity contribution in [3.8, 4) is 0 Å². The van der Waals surface area contributed by atoms with Crippen molar-refractivity contribution in [2.75, 3.05) is 32.1 Å². The highest BCUT2D eigenvalue weighted by Crippen LogP contribution is 2.26. The third kappa shape index (κ3) is 4.86. The highest BCUT2D eigenvalue weighted by atomic mass is 35.5. The largest absolute Gasteiger partial charge is 0.350 e. The highest BCUT2D eigenvalue weighted by Gasteiger charge is 2.31. The molecule has 1 amide bonds. The lowest BCUT2D eigenvalue weighted by atomic mass is 9.96. The number of carbonyl (C=O) groups is 1. The van der Waals surface area contributed by atoms with Crippen molar-refractivity contribution in [2.24, 2.45) is 5.92 Å². The molecule has 4 nitrogen and oxygen atoms in total. The number of benzene rings is 1. The molecule has 1 aromatic rings. The van der Waals surface area contributed by atoms with E-state index in [1.54, 1.807) is 11.8 Å². The van der Waals surface area contributed by atoms with Crippen molar-refractivity contribution in [3.05, 3.63) is 29.3 Å². The zero-order valence-electron chi connectivity index (χ0n) is 13.1. The Hall–Kier alpha value is -0.750. The molecule has 2 heterocycles. The summed E-state index contributed by atoms with van der Waals surface area (Å²) in [6.07, 6.45) is 2.48. The third-order valence-corrected chi connectivity index (χ3v) is 5.59. The van der Waals surface area contributed by atoms with Crippen molar-refractivity contribution in [2.45, 2.75) is 30.4 Å². The Balaban J connectivity index is 1.36.